The van der Waals surface area contributed by atoms with Gasteiger partial charge in [0.1, 0.15) is 0 Å². The van der Waals surface area contributed by atoms with Crippen molar-refractivity contribution in [1.82, 2.24) is 4.72 Å². The molecule has 0 aliphatic carbocycles. The van der Waals surface area contributed by atoms with Crippen LogP contribution in [0.15, 0.2) is 24.3 Å². The Hall–Kier alpha value is -0.670. The highest BCUT2D eigenvalue weighted by molar-refractivity contribution is 7.97. The van der Waals surface area contributed by atoms with E-state index in [9.17, 15) is 0 Å². The predicted molar refractivity (Wildman–Crippen MR) is 77.7 cm³/mol. The van der Waals surface area contributed by atoms with Gasteiger partial charge in [-0.1, -0.05) is 44.0 Å². The molecule has 1 aliphatic heterocycles. The van der Waals surface area contributed by atoms with E-state index in [0.717, 1.165) is 13.1 Å². The summed E-state index contributed by atoms with van der Waals surface area (Å²) >= 11 is 1.82. The SMILES string of the molecule is CC(C)SNCC(C)N1CCc2ccccc21. The summed E-state index contributed by atoms with van der Waals surface area (Å²) in [6.07, 6.45) is 1.19. The number of rotatable bonds is 5. The van der Waals surface area contributed by atoms with Crippen LogP contribution in [0, 0.1) is 0 Å². The van der Waals surface area contributed by atoms with E-state index < -0.39 is 0 Å². The molecule has 1 unspecified atom stereocenters. The van der Waals surface area contributed by atoms with E-state index >= 15 is 0 Å². The van der Waals surface area contributed by atoms with Crippen molar-refractivity contribution in [3.05, 3.63) is 29.8 Å². The Morgan fingerprint density at radius 2 is 2.06 bits per heavy atom. The molecule has 3 heteroatoms. The van der Waals surface area contributed by atoms with Crippen LogP contribution in [-0.4, -0.2) is 24.4 Å². The molecule has 17 heavy (non-hydrogen) atoms. The molecule has 94 valence electrons. The van der Waals surface area contributed by atoms with Crippen molar-refractivity contribution < 1.29 is 0 Å². The van der Waals surface area contributed by atoms with Crippen molar-refractivity contribution in [2.75, 3.05) is 18.0 Å². The Balaban J connectivity index is 1.91. The Morgan fingerprint density at radius 1 is 1.29 bits per heavy atom. The fourth-order valence-corrected chi connectivity index (χ4v) is 2.94. The number of hydrogen-bond donors (Lipinski definition) is 1. The van der Waals surface area contributed by atoms with E-state index in [-0.39, 0.29) is 0 Å². The Bertz CT molecular complexity index is 365. The zero-order valence-corrected chi connectivity index (χ0v) is 11.8. The molecule has 2 rings (SSSR count). The van der Waals surface area contributed by atoms with Gasteiger partial charge in [-0.25, -0.2) is 0 Å². The zero-order valence-electron chi connectivity index (χ0n) is 10.9. The van der Waals surface area contributed by atoms with Crippen LogP contribution in [-0.2, 0) is 6.42 Å². The topological polar surface area (TPSA) is 15.3 Å². The number of fused-ring (bicyclic) bond motifs is 1. The molecule has 0 saturated carbocycles. The molecule has 1 aromatic rings. The lowest BCUT2D eigenvalue weighted by Crippen LogP contribution is -2.38. The monoisotopic (exact) mass is 250 g/mol. The summed E-state index contributed by atoms with van der Waals surface area (Å²) < 4.78 is 3.47. The van der Waals surface area contributed by atoms with E-state index in [1.54, 1.807) is 0 Å². The average Bonchev–Trinajstić information content (AvgIpc) is 2.72. The van der Waals surface area contributed by atoms with Crippen molar-refractivity contribution in [1.29, 1.82) is 0 Å². The molecule has 1 aromatic carbocycles. The van der Waals surface area contributed by atoms with E-state index in [1.807, 2.05) is 11.9 Å². The Labute approximate surface area is 109 Å². The van der Waals surface area contributed by atoms with Crippen LogP contribution < -0.4 is 9.62 Å². The van der Waals surface area contributed by atoms with Crippen molar-refractivity contribution in [3.8, 4) is 0 Å². The van der Waals surface area contributed by atoms with Gasteiger partial charge in [-0.15, -0.1) is 0 Å². The molecule has 0 amide bonds. The molecule has 1 aliphatic rings. The summed E-state index contributed by atoms with van der Waals surface area (Å²) in [6, 6.07) is 9.33. The fourth-order valence-electron chi connectivity index (χ4n) is 2.27. The van der Waals surface area contributed by atoms with Gasteiger partial charge in [0.2, 0.25) is 0 Å². The Morgan fingerprint density at radius 3 is 2.82 bits per heavy atom. The van der Waals surface area contributed by atoms with Crippen LogP contribution in [0.5, 0.6) is 0 Å². The summed E-state index contributed by atoms with van der Waals surface area (Å²) in [5.41, 5.74) is 2.92. The number of para-hydroxylation sites is 1. The summed E-state index contributed by atoms with van der Waals surface area (Å²) in [5.74, 6) is 0. The molecular formula is C14H22N2S. The van der Waals surface area contributed by atoms with E-state index in [4.69, 9.17) is 0 Å². The average molecular weight is 250 g/mol. The lowest BCUT2D eigenvalue weighted by atomic mass is 10.2. The molecule has 1 N–H and O–H groups in total. The van der Waals surface area contributed by atoms with Crippen molar-refractivity contribution >= 4 is 17.6 Å². The van der Waals surface area contributed by atoms with E-state index in [2.05, 4.69) is 54.7 Å². The van der Waals surface area contributed by atoms with Crippen molar-refractivity contribution in [2.24, 2.45) is 0 Å². The highest BCUT2D eigenvalue weighted by Gasteiger charge is 2.22. The largest absolute Gasteiger partial charge is 0.367 e. The summed E-state index contributed by atoms with van der Waals surface area (Å²) in [5, 5.41) is 0.646. The highest BCUT2D eigenvalue weighted by atomic mass is 32.2. The Kier molecular flexibility index (Phi) is 4.35. The molecule has 0 radical (unpaired) electrons. The highest BCUT2D eigenvalue weighted by Crippen LogP contribution is 2.29. The van der Waals surface area contributed by atoms with E-state index in [1.165, 1.54) is 17.7 Å². The lowest BCUT2D eigenvalue weighted by molar-refractivity contribution is 0.645. The third kappa shape index (κ3) is 3.17. The maximum Gasteiger partial charge on any atom is 0.0402 e. The lowest BCUT2D eigenvalue weighted by Gasteiger charge is -2.27. The minimum absolute atomic E-state index is 0.560. The molecule has 0 aromatic heterocycles. The second kappa shape index (κ2) is 5.78. The standard InChI is InChI=1S/C14H22N2S/c1-11(2)17-15-10-12(3)16-9-8-13-6-4-5-7-14(13)16/h4-7,11-12,15H,8-10H2,1-3H3. The minimum atomic E-state index is 0.560. The van der Waals surface area contributed by atoms with Crippen LogP contribution in [0.25, 0.3) is 0 Å². The maximum atomic E-state index is 3.47. The van der Waals surface area contributed by atoms with Crippen molar-refractivity contribution in [3.63, 3.8) is 0 Å². The number of anilines is 1. The number of nitrogens with one attached hydrogen (secondary N) is 1. The maximum absolute atomic E-state index is 3.47. The summed E-state index contributed by atoms with van der Waals surface area (Å²) in [4.78, 5) is 2.52. The van der Waals surface area contributed by atoms with Crippen LogP contribution in [0.2, 0.25) is 0 Å². The van der Waals surface area contributed by atoms with Crippen molar-refractivity contribution in [2.45, 2.75) is 38.5 Å². The minimum Gasteiger partial charge on any atom is -0.367 e. The molecule has 0 fully saturated rings. The fraction of sp³-hybridized carbons (Fsp3) is 0.571. The van der Waals surface area contributed by atoms with Gasteiger partial charge >= 0.3 is 0 Å². The van der Waals surface area contributed by atoms with Crippen LogP contribution in [0.3, 0.4) is 0 Å². The molecule has 0 spiro atoms. The summed E-state index contributed by atoms with van der Waals surface area (Å²) in [6.45, 7) is 8.93. The van der Waals surface area contributed by atoms with Crippen LogP contribution >= 0.6 is 11.9 Å². The number of nitrogens with zero attached hydrogens (tertiary/aromatic N) is 1. The molecule has 1 atom stereocenters. The first kappa shape index (κ1) is 12.8. The van der Waals surface area contributed by atoms with Gasteiger partial charge in [-0.2, -0.15) is 0 Å². The molecule has 1 heterocycles. The second-order valence-electron chi connectivity index (χ2n) is 4.94. The van der Waals surface area contributed by atoms with Gasteiger partial charge in [-0.3, -0.25) is 4.72 Å². The normalized spacial score (nSPS) is 16.4. The van der Waals surface area contributed by atoms with Gasteiger partial charge in [-0.05, 0) is 25.0 Å². The first-order chi connectivity index (χ1) is 8.18. The summed E-state index contributed by atoms with van der Waals surface area (Å²) in [7, 11) is 0. The van der Waals surface area contributed by atoms with Gasteiger partial charge in [0.15, 0.2) is 0 Å². The number of benzene rings is 1. The van der Waals surface area contributed by atoms with Crippen LogP contribution in [0.4, 0.5) is 5.69 Å². The third-order valence-electron chi connectivity index (χ3n) is 3.15. The van der Waals surface area contributed by atoms with Gasteiger partial charge in [0.25, 0.3) is 0 Å². The number of hydrogen-bond acceptors (Lipinski definition) is 3. The smallest absolute Gasteiger partial charge is 0.0402 e. The van der Waals surface area contributed by atoms with Crippen LogP contribution in [0.1, 0.15) is 26.3 Å². The second-order valence-corrected chi connectivity index (χ2v) is 6.40. The predicted octanol–water partition coefficient (Wildman–Crippen LogP) is 3.08. The zero-order chi connectivity index (χ0) is 12.3. The molecule has 0 saturated heterocycles. The van der Waals surface area contributed by atoms with Gasteiger partial charge < -0.3 is 4.90 Å². The molecule has 2 nitrogen and oxygen atoms in total. The molecular weight excluding hydrogens is 228 g/mol. The van der Waals surface area contributed by atoms with E-state index in [0.29, 0.717) is 11.3 Å². The quantitative estimate of drug-likeness (QED) is 0.809. The first-order valence-electron chi connectivity index (χ1n) is 6.41. The van der Waals surface area contributed by atoms with Gasteiger partial charge in [0.05, 0.1) is 0 Å². The third-order valence-corrected chi connectivity index (χ3v) is 3.96. The molecule has 0 bridgehead atoms. The van der Waals surface area contributed by atoms with Gasteiger partial charge in [0, 0.05) is 30.1 Å². The first-order valence-corrected chi connectivity index (χ1v) is 7.29.